The van der Waals surface area contributed by atoms with Crippen LogP contribution in [0.5, 0.6) is 0 Å². The average Bonchev–Trinajstić information content (AvgIpc) is 2.27. The van der Waals surface area contributed by atoms with Gasteiger partial charge in [0.05, 0.1) is 27.4 Å². The van der Waals surface area contributed by atoms with Gasteiger partial charge < -0.3 is 4.48 Å². The number of likely N-dealkylation sites (N-methyl/N-ethyl adjacent to an activating group) is 1. The molecule has 1 amide bonds. The highest BCUT2D eigenvalue weighted by atomic mass is 79.9. The van der Waals surface area contributed by atoms with Crippen LogP contribution in [0, 0.1) is 0 Å². The third-order valence-electron chi connectivity index (χ3n) is 2.10. The second-order valence-corrected chi connectivity index (χ2v) is 6.10. The van der Waals surface area contributed by atoms with Crippen molar-refractivity contribution in [2.45, 2.75) is 0 Å². The van der Waals surface area contributed by atoms with E-state index < -0.39 is 0 Å². The van der Waals surface area contributed by atoms with Crippen molar-refractivity contribution in [1.29, 1.82) is 0 Å². The minimum absolute atomic E-state index is 0.108. The number of hydrogen-bond acceptors (Lipinski definition) is 2. The Kier molecular flexibility index (Phi) is 5.92. The smallest absolute Gasteiger partial charge is 0.295 e. The molecule has 0 radical (unpaired) electrons. The summed E-state index contributed by atoms with van der Waals surface area (Å²) in [5, 5.41) is 3.90. The number of halogens is 1. The molecule has 0 heterocycles. The molecule has 0 fully saturated rings. The Hall–Kier alpha value is -1.46. The quantitative estimate of drug-likeness (QED) is 0.503. The van der Waals surface area contributed by atoms with Crippen LogP contribution in [0.4, 0.5) is 0 Å². The number of nitrogens with one attached hydrogen (secondary N) is 1. The molecule has 1 rings (SSSR count). The number of allylic oxidation sites excluding steroid dienone is 1. The van der Waals surface area contributed by atoms with Crippen LogP contribution in [0.25, 0.3) is 6.08 Å². The van der Waals surface area contributed by atoms with E-state index in [1.165, 1.54) is 0 Å². The first-order valence-corrected chi connectivity index (χ1v) is 6.71. The predicted molar refractivity (Wildman–Crippen MR) is 82.9 cm³/mol. The van der Waals surface area contributed by atoms with Gasteiger partial charge in [0.1, 0.15) is 0 Å². The lowest BCUT2D eigenvalue weighted by Gasteiger charge is -2.21. The standard InChI is InChI=1S/C14H18BrN3O/c1-18(2,3)11-14(19)17-16-10-13(15)9-12-7-5-4-6-8-12/h4-10H,11H2,1-3H3/p+1/b13-9-,16-10+. The molecule has 0 saturated heterocycles. The van der Waals surface area contributed by atoms with Gasteiger partial charge in [0.15, 0.2) is 6.54 Å². The molecule has 102 valence electrons. The number of carbonyl (C=O) groups is 1. The molecule has 19 heavy (non-hydrogen) atoms. The van der Waals surface area contributed by atoms with Gasteiger partial charge in [-0.05, 0) is 27.6 Å². The molecule has 0 saturated carbocycles. The molecule has 0 aromatic heterocycles. The topological polar surface area (TPSA) is 41.5 Å². The fraction of sp³-hybridized carbons (Fsp3) is 0.286. The SMILES string of the molecule is C[N+](C)(C)CC(=O)N/N=C/C(Br)=C/c1ccccc1. The van der Waals surface area contributed by atoms with E-state index in [0.717, 1.165) is 10.0 Å². The number of quaternary nitrogens is 1. The van der Waals surface area contributed by atoms with Crippen LogP contribution >= 0.6 is 15.9 Å². The highest BCUT2D eigenvalue weighted by Gasteiger charge is 2.12. The molecule has 0 atom stereocenters. The van der Waals surface area contributed by atoms with Crippen LogP contribution in [-0.4, -0.2) is 44.3 Å². The summed E-state index contributed by atoms with van der Waals surface area (Å²) in [6.07, 6.45) is 3.50. The van der Waals surface area contributed by atoms with Gasteiger partial charge >= 0.3 is 0 Å². The Morgan fingerprint density at radius 2 is 1.95 bits per heavy atom. The predicted octanol–water partition coefficient (Wildman–Crippen LogP) is 2.23. The lowest BCUT2D eigenvalue weighted by molar-refractivity contribution is -0.862. The average molecular weight is 325 g/mol. The van der Waals surface area contributed by atoms with E-state index in [2.05, 4.69) is 26.5 Å². The Morgan fingerprint density at radius 1 is 1.32 bits per heavy atom. The largest absolute Gasteiger partial charge is 0.323 e. The molecule has 0 aliphatic rings. The molecular formula is C14H19BrN3O+. The van der Waals surface area contributed by atoms with Gasteiger partial charge in [-0.1, -0.05) is 30.3 Å². The Balaban J connectivity index is 2.49. The van der Waals surface area contributed by atoms with Gasteiger partial charge in [0, 0.05) is 4.48 Å². The van der Waals surface area contributed by atoms with Gasteiger partial charge in [-0.25, -0.2) is 5.43 Å². The minimum Gasteiger partial charge on any atom is -0.323 e. The van der Waals surface area contributed by atoms with Crippen molar-refractivity contribution in [1.82, 2.24) is 5.43 Å². The van der Waals surface area contributed by atoms with Crippen LogP contribution in [0.2, 0.25) is 0 Å². The van der Waals surface area contributed by atoms with Gasteiger partial charge in [0.25, 0.3) is 5.91 Å². The zero-order valence-electron chi connectivity index (χ0n) is 11.4. The zero-order chi connectivity index (χ0) is 14.3. The van der Waals surface area contributed by atoms with E-state index in [1.807, 2.05) is 57.6 Å². The van der Waals surface area contributed by atoms with Gasteiger partial charge in [0.2, 0.25) is 0 Å². The molecule has 1 N–H and O–H groups in total. The molecule has 0 spiro atoms. The fourth-order valence-corrected chi connectivity index (χ4v) is 1.74. The first-order valence-electron chi connectivity index (χ1n) is 5.91. The van der Waals surface area contributed by atoms with Crippen LogP contribution < -0.4 is 5.43 Å². The molecule has 0 unspecified atom stereocenters. The molecule has 0 aliphatic heterocycles. The van der Waals surface area contributed by atoms with Crippen molar-refractivity contribution < 1.29 is 9.28 Å². The number of amides is 1. The number of hydrogen-bond donors (Lipinski definition) is 1. The second kappa shape index (κ2) is 7.21. The van der Waals surface area contributed by atoms with E-state index >= 15 is 0 Å². The van der Waals surface area contributed by atoms with Gasteiger partial charge in [-0.15, -0.1) is 0 Å². The molecule has 4 nitrogen and oxygen atoms in total. The third-order valence-corrected chi connectivity index (χ3v) is 2.53. The summed E-state index contributed by atoms with van der Waals surface area (Å²) in [6, 6.07) is 9.87. The second-order valence-electron chi connectivity index (χ2n) is 5.18. The van der Waals surface area contributed by atoms with Gasteiger partial charge in [-0.2, -0.15) is 5.10 Å². The molecular weight excluding hydrogens is 306 g/mol. The van der Waals surface area contributed by atoms with E-state index in [4.69, 9.17) is 0 Å². The molecule has 0 bridgehead atoms. The summed E-state index contributed by atoms with van der Waals surface area (Å²) in [7, 11) is 5.86. The number of benzene rings is 1. The number of rotatable bonds is 5. The maximum Gasteiger partial charge on any atom is 0.295 e. The summed E-state index contributed by atoms with van der Waals surface area (Å²) in [4.78, 5) is 11.5. The van der Waals surface area contributed by atoms with Crippen molar-refractivity contribution in [3.05, 3.63) is 40.4 Å². The highest BCUT2D eigenvalue weighted by Crippen LogP contribution is 2.09. The number of hydrazone groups is 1. The fourth-order valence-electron chi connectivity index (χ4n) is 1.38. The highest BCUT2D eigenvalue weighted by molar-refractivity contribution is 9.12. The van der Waals surface area contributed by atoms with E-state index in [0.29, 0.717) is 11.0 Å². The van der Waals surface area contributed by atoms with Crippen molar-refractivity contribution in [3.63, 3.8) is 0 Å². The minimum atomic E-state index is -0.108. The summed E-state index contributed by atoms with van der Waals surface area (Å²) < 4.78 is 1.37. The maximum absolute atomic E-state index is 11.5. The molecule has 0 aliphatic carbocycles. The maximum atomic E-state index is 11.5. The summed E-state index contributed by atoms with van der Waals surface area (Å²) in [5.41, 5.74) is 3.57. The first-order chi connectivity index (χ1) is 8.87. The lowest BCUT2D eigenvalue weighted by Crippen LogP contribution is -2.43. The van der Waals surface area contributed by atoms with Crippen LogP contribution in [0.1, 0.15) is 5.56 Å². The van der Waals surface area contributed by atoms with E-state index in [1.54, 1.807) is 6.21 Å². The summed E-state index contributed by atoms with van der Waals surface area (Å²) >= 11 is 3.38. The first kappa shape index (κ1) is 15.6. The third kappa shape index (κ3) is 7.54. The summed E-state index contributed by atoms with van der Waals surface area (Å²) in [6.45, 7) is 0.386. The van der Waals surface area contributed by atoms with E-state index in [-0.39, 0.29) is 5.91 Å². The normalized spacial score (nSPS) is 12.7. The zero-order valence-corrected chi connectivity index (χ0v) is 13.0. The van der Waals surface area contributed by atoms with Crippen molar-refractivity contribution in [2.75, 3.05) is 27.7 Å². The molecule has 1 aromatic carbocycles. The van der Waals surface area contributed by atoms with Crippen LogP contribution in [0.15, 0.2) is 39.9 Å². The van der Waals surface area contributed by atoms with Crippen LogP contribution in [0.3, 0.4) is 0 Å². The monoisotopic (exact) mass is 324 g/mol. The van der Waals surface area contributed by atoms with E-state index in [9.17, 15) is 4.79 Å². The Bertz CT molecular complexity index is 475. The Morgan fingerprint density at radius 3 is 2.53 bits per heavy atom. The lowest BCUT2D eigenvalue weighted by atomic mass is 10.2. The van der Waals surface area contributed by atoms with Crippen molar-refractivity contribution in [2.24, 2.45) is 5.10 Å². The number of nitrogens with zero attached hydrogens (tertiary/aromatic N) is 2. The van der Waals surface area contributed by atoms with Crippen molar-refractivity contribution in [3.8, 4) is 0 Å². The van der Waals surface area contributed by atoms with Crippen molar-refractivity contribution >= 4 is 34.1 Å². The molecule has 5 heteroatoms. The Labute approximate surface area is 122 Å². The van der Waals surface area contributed by atoms with Gasteiger partial charge in [-0.3, -0.25) is 4.79 Å². The summed E-state index contributed by atoms with van der Waals surface area (Å²) in [5.74, 6) is -0.108. The number of carbonyl (C=O) groups excluding carboxylic acids is 1. The molecule has 1 aromatic rings. The van der Waals surface area contributed by atoms with Crippen LogP contribution in [-0.2, 0) is 4.79 Å².